The van der Waals surface area contributed by atoms with Gasteiger partial charge in [-0.25, -0.2) is 4.98 Å². The van der Waals surface area contributed by atoms with Crippen molar-refractivity contribution in [2.75, 3.05) is 0 Å². The number of benzene rings is 1. The summed E-state index contributed by atoms with van der Waals surface area (Å²) in [5.41, 5.74) is 0.543. The molecule has 0 unspecified atom stereocenters. The molecule has 0 aliphatic rings. The summed E-state index contributed by atoms with van der Waals surface area (Å²) in [7, 11) is 0. The van der Waals surface area contributed by atoms with Crippen LogP contribution in [0.1, 0.15) is 5.56 Å². The average Bonchev–Trinajstić information content (AvgIpc) is 2.88. The van der Waals surface area contributed by atoms with Gasteiger partial charge in [-0.3, -0.25) is 4.79 Å². The number of hydrogen-bond donors (Lipinski definition) is 0. The van der Waals surface area contributed by atoms with Crippen LogP contribution in [0.5, 0.6) is 0 Å². The summed E-state index contributed by atoms with van der Waals surface area (Å²) in [6.45, 7) is 0. The fourth-order valence-corrected chi connectivity index (χ4v) is 2.87. The maximum absolute atomic E-state index is 11.9. The second kappa shape index (κ2) is 4.35. The number of hydrogen-bond acceptors (Lipinski definition) is 4. The number of fused-ring (bicyclic) bond motifs is 1. The number of nitrogens with zero attached hydrogens (tertiary/aromatic N) is 3. The molecule has 2 heterocycles. The van der Waals surface area contributed by atoms with E-state index in [0.717, 1.165) is 5.56 Å². The molecule has 0 spiro atoms. The van der Waals surface area contributed by atoms with Crippen molar-refractivity contribution in [3.8, 4) is 0 Å². The maximum Gasteiger partial charge on any atom is 0.291 e. The van der Waals surface area contributed by atoms with Crippen LogP contribution in [0, 0.1) is 0 Å². The smallest absolute Gasteiger partial charge is 0.266 e. The van der Waals surface area contributed by atoms with E-state index in [-0.39, 0.29) is 5.56 Å². The van der Waals surface area contributed by atoms with Crippen LogP contribution in [0.15, 0.2) is 29.3 Å². The molecule has 0 saturated heterocycles. The van der Waals surface area contributed by atoms with E-state index >= 15 is 0 Å². The Morgan fingerprint density at radius 1 is 1.33 bits per heavy atom. The highest BCUT2D eigenvalue weighted by Gasteiger charge is 2.06. The van der Waals surface area contributed by atoms with Crippen LogP contribution in [-0.2, 0) is 0 Å². The summed E-state index contributed by atoms with van der Waals surface area (Å²) < 4.78 is 1.80. The largest absolute Gasteiger partial charge is 0.291 e. The van der Waals surface area contributed by atoms with E-state index in [1.807, 2.05) is 0 Å². The molecule has 0 radical (unpaired) electrons. The number of halogens is 2. The highest BCUT2D eigenvalue weighted by molar-refractivity contribution is 7.15. The molecular weight excluding hydrogens is 293 g/mol. The normalized spacial score (nSPS) is 12.4. The van der Waals surface area contributed by atoms with Crippen LogP contribution in [0.3, 0.4) is 0 Å². The van der Waals surface area contributed by atoms with Crippen molar-refractivity contribution in [1.29, 1.82) is 0 Å². The van der Waals surface area contributed by atoms with Crippen LogP contribution in [0.4, 0.5) is 0 Å². The molecule has 0 aliphatic carbocycles. The Morgan fingerprint density at radius 2 is 2.17 bits per heavy atom. The van der Waals surface area contributed by atoms with Crippen LogP contribution >= 0.6 is 34.5 Å². The van der Waals surface area contributed by atoms with E-state index in [0.29, 0.717) is 19.5 Å². The van der Waals surface area contributed by atoms with E-state index in [1.54, 1.807) is 24.3 Å². The van der Waals surface area contributed by atoms with E-state index < -0.39 is 0 Å². The lowest BCUT2D eigenvalue weighted by molar-refractivity contribution is 0.932. The van der Waals surface area contributed by atoms with Gasteiger partial charge < -0.3 is 0 Å². The van der Waals surface area contributed by atoms with Gasteiger partial charge in [-0.2, -0.15) is 9.61 Å². The minimum Gasteiger partial charge on any atom is -0.266 e. The Bertz CT molecular complexity index is 840. The summed E-state index contributed by atoms with van der Waals surface area (Å²) in [5.74, 6) is 0. The molecule has 0 amide bonds. The topological polar surface area (TPSA) is 47.3 Å². The lowest BCUT2D eigenvalue weighted by atomic mass is 10.2. The number of rotatable bonds is 1. The fraction of sp³-hybridized carbons (Fsp3) is 0. The van der Waals surface area contributed by atoms with Crippen molar-refractivity contribution < 1.29 is 0 Å². The molecule has 0 fully saturated rings. The predicted octanol–water partition coefficient (Wildman–Crippen LogP) is 2.01. The van der Waals surface area contributed by atoms with Gasteiger partial charge in [-0.15, -0.1) is 0 Å². The van der Waals surface area contributed by atoms with E-state index in [9.17, 15) is 4.79 Å². The summed E-state index contributed by atoms with van der Waals surface area (Å²) in [6, 6.07) is 5.12. The highest BCUT2D eigenvalue weighted by Crippen LogP contribution is 2.21. The molecule has 4 nitrogen and oxygen atoms in total. The predicted molar refractivity (Wildman–Crippen MR) is 72.4 cm³/mol. The summed E-state index contributed by atoms with van der Waals surface area (Å²) in [4.78, 5) is 16.5. The van der Waals surface area contributed by atoms with Crippen molar-refractivity contribution in [1.82, 2.24) is 14.6 Å². The van der Waals surface area contributed by atoms with Gasteiger partial charge >= 0.3 is 0 Å². The molecule has 90 valence electrons. The number of thiazole rings is 1. The second-order valence-corrected chi connectivity index (χ2v) is 5.39. The number of aromatic nitrogens is 3. The van der Waals surface area contributed by atoms with E-state index in [2.05, 4.69) is 10.1 Å². The minimum atomic E-state index is -0.196. The van der Waals surface area contributed by atoms with E-state index in [4.69, 9.17) is 23.2 Å². The SMILES string of the molecule is O=c1c(=Cc2ccc(Cl)cc2Cl)sc2ncnn12. The maximum atomic E-state index is 11.9. The second-order valence-electron chi connectivity index (χ2n) is 3.54. The molecule has 0 N–H and O–H groups in total. The first-order chi connectivity index (χ1) is 8.65. The Hall–Kier alpha value is -1.43. The molecule has 18 heavy (non-hydrogen) atoms. The van der Waals surface area contributed by atoms with Gasteiger partial charge in [0.25, 0.3) is 5.56 Å². The van der Waals surface area contributed by atoms with E-state index in [1.165, 1.54) is 22.2 Å². The Kier molecular flexibility index (Phi) is 2.81. The third-order valence-corrected chi connectivity index (χ3v) is 3.91. The molecule has 0 saturated carbocycles. The van der Waals surface area contributed by atoms with Crippen molar-refractivity contribution in [3.63, 3.8) is 0 Å². The molecule has 0 aliphatic heterocycles. The van der Waals surface area contributed by atoms with Gasteiger partial charge in [0.05, 0.1) is 4.53 Å². The lowest BCUT2D eigenvalue weighted by Crippen LogP contribution is -2.23. The lowest BCUT2D eigenvalue weighted by Gasteiger charge is -1.96. The van der Waals surface area contributed by atoms with Crippen LogP contribution in [-0.4, -0.2) is 14.6 Å². The molecule has 3 aromatic rings. The van der Waals surface area contributed by atoms with Gasteiger partial charge in [0, 0.05) is 10.0 Å². The Balaban J connectivity index is 2.24. The van der Waals surface area contributed by atoms with Gasteiger partial charge in [0.15, 0.2) is 0 Å². The zero-order chi connectivity index (χ0) is 12.7. The zero-order valence-corrected chi connectivity index (χ0v) is 11.1. The van der Waals surface area contributed by atoms with Crippen molar-refractivity contribution in [3.05, 3.63) is 55.0 Å². The Morgan fingerprint density at radius 3 is 2.89 bits per heavy atom. The van der Waals surface area contributed by atoms with Gasteiger partial charge in [0.2, 0.25) is 4.96 Å². The van der Waals surface area contributed by atoms with Crippen molar-refractivity contribution in [2.24, 2.45) is 0 Å². The standard InChI is InChI=1S/C11H5Cl2N3OS/c12-7-2-1-6(8(13)4-7)3-9-10(17)16-11(18-9)14-5-15-16/h1-5H. The van der Waals surface area contributed by atoms with Crippen LogP contribution < -0.4 is 10.1 Å². The Labute approximate surface area is 115 Å². The molecular formula is C11H5Cl2N3OS. The molecule has 0 bridgehead atoms. The monoisotopic (exact) mass is 297 g/mol. The first-order valence-electron chi connectivity index (χ1n) is 4.94. The van der Waals surface area contributed by atoms with Gasteiger partial charge in [-0.1, -0.05) is 40.6 Å². The molecule has 7 heteroatoms. The zero-order valence-electron chi connectivity index (χ0n) is 8.80. The van der Waals surface area contributed by atoms with Crippen molar-refractivity contribution >= 4 is 45.6 Å². The molecule has 1 aromatic carbocycles. The average molecular weight is 298 g/mol. The third kappa shape index (κ3) is 1.90. The van der Waals surface area contributed by atoms with Crippen LogP contribution in [0.2, 0.25) is 10.0 Å². The minimum absolute atomic E-state index is 0.196. The van der Waals surface area contributed by atoms with Crippen molar-refractivity contribution in [2.45, 2.75) is 0 Å². The summed E-state index contributed by atoms with van der Waals surface area (Å²) in [5, 5.41) is 4.90. The third-order valence-electron chi connectivity index (χ3n) is 2.37. The van der Waals surface area contributed by atoms with Crippen LogP contribution in [0.25, 0.3) is 11.0 Å². The first-order valence-corrected chi connectivity index (χ1v) is 6.52. The van der Waals surface area contributed by atoms with Gasteiger partial charge in [-0.05, 0) is 23.8 Å². The summed E-state index contributed by atoms with van der Waals surface area (Å²) >= 11 is 13.1. The highest BCUT2D eigenvalue weighted by atomic mass is 35.5. The fourth-order valence-electron chi connectivity index (χ4n) is 1.54. The molecule has 0 atom stereocenters. The quantitative estimate of drug-likeness (QED) is 0.690. The van der Waals surface area contributed by atoms with Gasteiger partial charge in [0.1, 0.15) is 6.33 Å². The molecule has 2 aromatic heterocycles. The first kappa shape index (κ1) is 11.6. The molecule has 3 rings (SSSR count). The summed E-state index contributed by atoms with van der Waals surface area (Å²) in [6.07, 6.45) is 3.06.